The highest BCUT2D eigenvalue weighted by Gasteiger charge is 2.21. The van der Waals surface area contributed by atoms with Gasteiger partial charge in [0.25, 0.3) is 5.69 Å². The summed E-state index contributed by atoms with van der Waals surface area (Å²) in [6.07, 6.45) is 4.66. The monoisotopic (exact) mass is 429 g/mol. The molecule has 0 unspecified atom stereocenters. The molecule has 10 heteroatoms. The SMILES string of the molecule is Cn1c(SCC(=O)Nc2cccc([N+](=O)[O-])c2)nnc1-c1csc2c1CCCC2. The Morgan fingerprint density at radius 3 is 3.00 bits per heavy atom. The predicted octanol–water partition coefficient (Wildman–Crippen LogP) is 4.06. The second kappa shape index (κ2) is 8.34. The molecular formula is C19H19N5O3S2. The Kier molecular flexibility index (Phi) is 5.63. The standard InChI is InChI=1S/C19H19N5O3S2/c1-23-18(15-10-28-16-8-3-2-7-14(15)16)21-22-19(23)29-11-17(25)20-12-5-4-6-13(9-12)24(26)27/h4-6,9-10H,2-3,7-8,11H2,1H3,(H,20,25). The van der Waals surface area contributed by atoms with Gasteiger partial charge in [0.15, 0.2) is 11.0 Å². The molecule has 3 aromatic rings. The largest absolute Gasteiger partial charge is 0.325 e. The molecule has 0 saturated carbocycles. The maximum atomic E-state index is 12.2. The lowest BCUT2D eigenvalue weighted by Gasteiger charge is -2.12. The van der Waals surface area contributed by atoms with Crippen LogP contribution in [-0.2, 0) is 24.7 Å². The van der Waals surface area contributed by atoms with Gasteiger partial charge in [0, 0.05) is 40.7 Å². The Morgan fingerprint density at radius 1 is 1.34 bits per heavy atom. The van der Waals surface area contributed by atoms with Crippen molar-refractivity contribution in [1.29, 1.82) is 0 Å². The Bertz CT molecular complexity index is 1080. The van der Waals surface area contributed by atoms with E-state index in [-0.39, 0.29) is 17.3 Å². The van der Waals surface area contributed by atoms with E-state index in [1.807, 2.05) is 11.6 Å². The van der Waals surface area contributed by atoms with Crippen molar-refractivity contribution in [3.63, 3.8) is 0 Å². The van der Waals surface area contributed by atoms with Crippen LogP contribution in [0.15, 0.2) is 34.8 Å². The molecule has 8 nitrogen and oxygen atoms in total. The molecule has 4 rings (SSSR count). The molecule has 1 amide bonds. The molecule has 29 heavy (non-hydrogen) atoms. The fourth-order valence-electron chi connectivity index (χ4n) is 3.38. The van der Waals surface area contributed by atoms with E-state index < -0.39 is 4.92 Å². The van der Waals surface area contributed by atoms with Crippen LogP contribution in [0.2, 0.25) is 0 Å². The van der Waals surface area contributed by atoms with Crippen molar-refractivity contribution in [3.05, 3.63) is 50.2 Å². The summed E-state index contributed by atoms with van der Waals surface area (Å²) in [5, 5.41) is 24.9. The van der Waals surface area contributed by atoms with Crippen LogP contribution in [0.25, 0.3) is 11.4 Å². The van der Waals surface area contributed by atoms with Crippen LogP contribution in [0.3, 0.4) is 0 Å². The van der Waals surface area contributed by atoms with Gasteiger partial charge < -0.3 is 9.88 Å². The number of thiophene rings is 1. The van der Waals surface area contributed by atoms with Gasteiger partial charge in [-0.3, -0.25) is 14.9 Å². The summed E-state index contributed by atoms with van der Waals surface area (Å²) in [7, 11) is 1.91. The number of amides is 1. The first-order valence-electron chi connectivity index (χ1n) is 9.19. The number of carbonyl (C=O) groups is 1. The van der Waals surface area contributed by atoms with Crippen molar-refractivity contribution in [2.45, 2.75) is 30.8 Å². The minimum absolute atomic E-state index is 0.0625. The van der Waals surface area contributed by atoms with Gasteiger partial charge in [-0.25, -0.2) is 0 Å². The van der Waals surface area contributed by atoms with Crippen molar-refractivity contribution in [3.8, 4) is 11.4 Å². The van der Waals surface area contributed by atoms with Crippen molar-refractivity contribution in [1.82, 2.24) is 14.8 Å². The molecule has 0 saturated heterocycles. The molecular weight excluding hydrogens is 410 g/mol. The number of thioether (sulfide) groups is 1. The number of rotatable bonds is 6. The number of aromatic nitrogens is 3. The van der Waals surface area contributed by atoms with Gasteiger partial charge >= 0.3 is 0 Å². The number of nitro benzene ring substituents is 1. The lowest BCUT2D eigenvalue weighted by molar-refractivity contribution is -0.384. The second-order valence-corrected chi connectivity index (χ2v) is 8.67. The summed E-state index contributed by atoms with van der Waals surface area (Å²) >= 11 is 3.07. The minimum Gasteiger partial charge on any atom is -0.325 e. The Balaban J connectivity index is 1.42. The number of benzene rings is 1. The summed E-state index contributed by atoms with van der Waals surface area (Å²) < 4.78 is 1.92. The second-order valence-electron chi connectivity index (χ2n) is 6.77. The van der Waals surface area contributed by atoms with Gasteiger partial charge in [0.05, 0.1) is 10.7 Å². The normalized spacial score (nSPS) is 13.1. The van der Waals surface area contributed by atoms with Crippen LogP contribution in [0, 0.1) is 10.1 Å². The fraction of sp³-hybridized carbons (Fsp3) is 0.316. The van der Waals surface area contributed by atoms with Crippen LogP contribution in [-0.4, -0.2) is 31.3 Å². The van der Waals surface area contributed by atoms with Crippen molar-refractivity contribution in [2.75, 3.05) is 11.1 Å². The molecule has 1 N–H and O–H groups in total. The average molecular weight is 430 g/mol. The smallest absolute Gasteiger partial charge is 0.271 e. The summed E-state index contributed by atoms with van der Waals surface area (Å²) in [4.78, 5) is 24.0. The average Bonchev–Trinajstić information content (AvgIpc) is 3.29. The van der Waals surface area contributed by atoms with E-state index in [2.05, 4.69) is 20.9 Å². The number of anilines is 1. The lowest BCUT2D eigenvalue weighted by Crippen LogP contribution is -2.14. The molecule has 2 aromatic heterocycles. The molecule has 0 radical (unpaired) electrons. The van der Waals surface area contributed by atoms with Crippen LogP contribution in [0.4, 0.5) is 11.4 Å². The van der Waals surface area contributed by atoms with Crippen molar-refractivity contribution < 1.29 is 9.72 Å². The zero-order valence-corrected chi connectivity index (χ0v) is 17.4. The van der Waals surface area contributed by atoms with E-state index in [0.717, 1.165) is 24.2 Å². The first-order chi connectivity index (χ1) is 14.0. The third kappa shape index (κ3) is 4.18. The van der Waals surface area contributed by atoms with Gasteiger partial charge in [0.1, 0.15) is 0 Å². The van der Waals surface area contributed by atoms with Gasteiger partial charge in [0.2, 0.25) is 5.91 Å². The van der Waals surface area contributed by atoms with Gasteiger partial charge in [-0.2, -0.15) is 0 Å². The Labute approximate surface area is 175 Å². The molecule has 150 valence electrons. The molecule has 0 spiro atoms. The van der Waals surface area contributed by atoms with E-state index in [9.17, 15) is 14.9 Å². The molecule has 0 aliphatic heterocycles. The quantitative estimate of drug-likeness (QED) is 0.360. The van der Waals surface area contributed by atoms with Crippen molar-refractivity contribution in [2.24, 2.45) is 7.05 Å². The minimum atomic E-state index is -0.491. The number of non-ortho nitro benzene ring substituents is 1. The number of nitrogens with zero attached hydrogens (tertiary/aromatic N) is 4. The maximum Gasteiger partial charge on any atom is 0.271 e. The first-order valence-corrected chi connectivity index (χ1v) is 11.1. The third-order valence-electron chi connectivity index (χ3n) is 4.81. The summed E-state index contributed by atoms with van der Waals surface area (Å²) in [5.74, 6) is 0.704. The highest BCUT2D eigenvalue weighted by atomic mass is 32.2. The van der Waals surface area contributed by atoms with E-state index in [1.54, 1.807) is 17.4 Å². The van der Waals surface area contributed by atoms with E-state index >= 15 is 0 Å². The van der Waals surface area contributed by atoms with Gasteiger partial charge in [-0.05, 0) is 37.3 Å². The Morgan fingerprint density at radius 2 is 2.17 bits per heavy atom. The molecule has 0 bridgehead atoms. The number of carbonyl (C=O) groups excluding carboxylic acids is 1. The fourth-order valence-corrected chi connectivity index (χ4v) is 5.22. The van der Waals surface area contributed by atoms with Gasteiger partial charge in [-0.15, -0.1) is 21.5 Å². The summed E-state index contributed by atoms with van der Waals surface area (Å²) in [6, 6.07) is 5.88. The molecule has 0 fully saturated rings. The first kappa shape index (κ1) is 19.6. The van der Waals surface area contributed by atoms with Crippen LogP contribution >= 0.6 is 23.1 Å². The number of nitro groups is 1. The Hall–Kier alpha value is -2.72. The topological polar surface area (TPSA) is 103 Å². The van der Waals surface area contributed by atoms with E-state index in [1.165, 1.54) is 53.2 Å². The zero-order chi connectivity index (χ0) is 20.4. The lowest BCUT2D eigenvalue weighted by atomic mass is 9.96. The van der Waals surface area contributed by atoms with Crippen molar-refractivity contribution >= 4 is 40.4 Å². The highest BCUT2D eigenvalue weighted by Crippen LogP contribution is 2.36. The molecule has 0 atom stereocenters. The zero-order valence-electron chi connectivity index (χ0n) is 15.8. The highest BCUT2D eigenvalue weighted by molar-refractivity contribution is 7.99. The predicted molar refractivity (Wildman–Crippen MR) is 113 cm³/mol. The number of fused-ring (bicyclic) bond motifs is 1. The number of hydrogen-bond acceptors (Lipinski definition) is 7. The molecule has 1 aliphatic rings. The molecule has 2 heterocycles. The van der Waals surface area contributed by atoms with E-state index in [4.69, 9.17) is 0 Å². The number of hydrogen-bond donors (Lipinski definition) is 1. The van der Waals surface area contributed by atoms with E-state index in [0.29, 0.717) is 10.8 Å². The summed E-state index contributed by atoms with van der Waals surface area (Å²) in [5.41, 5.74) is 2.87. The third-order valence-corrected chi connectivity index (χ3v) is 6.92. The number of nitrogens with one attached hydrogen (secondary N) is 1. The van der Waals surface area contributed by atoms with Crippen LogP contribution in [0.1, 0.15) is 23.3 Å². The van der Waals surface area contributed by atoms with Crippen LogP contribution in [0.5, 0.6) is 0 Å². The summed E-state index contributed by atoms with van der Waals surface area (Å²) in [6.45, 7) is 0. The molecule has 1 aromatic carbocycles. The van der Waals surface area contributed by atoms with Crippen LogP contribution < -0.4 is 5.32 Å². The molecule has 1 aliphatic carbocycles. The maximum absolute atomic E-state index is 12.2. The number of aryl methyl sites for hydroxylation is 1. The van der Waals surface area contributed by atoms with Gasteiger partial charge in [-0.1, -0.05) is 17.8 Å².